The maximum absolute atomic E-state index is 3.71. The van der Waals surface area contributed by atoms with Gasteiger partial charge in [0.25, 0.3) is 0 Å². The van der Waals surface area contributed by atoms with Gasteiger partial charge in [-0.3, -0.25) is 0 Å². The van der Waals surface area contributed by atoms with E-state index < -0.39 is 0 Å². The molecule has 3 heteroatoms. The maximum Gasteiger partial charge on any atom is 0.0295 e. The minimum atomic E-state index is 0.438. The van der Waals surface area contributed by atoms with Crippen LogP contribution in [-0.2, 0) is 0 Å². The van der Waals surface area contributed by atoms with Crippen LogP contribution in [-0.4, -0.2) is 17.0 Å². The Labute approximate surface area is 111 Å². The predicted molar refractivity (Wildman–Crippen MR) is 76.0 cm³/mol. The fourth-order valence-electron chi connectivity index (χ4n) is 2.16. The third kappa shape index (κ3) is 3.25. The van der Waals surface area contributed by atoms with Crippen molar-refractivity contribution in [3.63, 3.8) is 0 Å². The quantitative estimate of drug-likeness (QED) is 0.905. The molecule has 0 amide bonds. The summed E-state index contributed by atoms with van der Waals surface area (Å²) in [5.74, 6) is 1.25. The molecule has 0 spiro atoms. The predicted octanol–water partition coefficient (Wildman–Crippen LogP) is 3.99. The van der Waals surface area contributed by atoms with Crippen molar-refractivity contribution >= 4 is 27.7 Å². The summed E-state index contributed by atoms with van der Waals surface area (Å²) in [5.41, 5.74) is 1.36. The van der Waals surface area contributed by atoms with Gasteiger partial charge in [-0.1, -0.05) is 35.0 Å². The van der Waals surface area contributed by atoms with E-state index in [4.69, 9.17) is 0 Å². The van der Waals surface area contributed by atoms with Crippen LogP contribution in [0.25, 0.3) is 0 Å². The second-order valence-electron chi connectivity index (χ2n) is 4.52. The fourth-order valence-corrected chi connectivity index (χ4v) is 3.74. The molecule has 1 fully saturated rings. The average molecular weight is 300 g/mol. The lowest BCUT2D eigenvalue weighted by Gasteiger charge is -2.19. The third-order valence-electron chi connectivity index (χ3n) is 3.03. The summed E-state index contributed by atoms with van der Waals surface area (Å²) in [6.45, 7) is 4.56. The molecule has 1 nitrogen and oxygen atoms in total. The van der Waals surface area contributed by atoms with Gasteiger partial charge in [0.1, 0.15) is 0 Å². The summed E-state index contributed by atoms with van der Waals surface area (Å²) in [6.07, 6.45) is 1.29. The molecular formula is C13H18BrNS. The van der Waals surface area contributed by atoms with Crippen LogP contribution in [0.2, 0.25) is 0 Å². The van der Waals surface area contributed by atoms with Crippen LogP contribution in [0.5, 0.6) is 0 Å². The number of hydrogen-bond donors (Lipinski definition) is 1. The van der Waals surface area contributed by atoms with Gasteiger partial charge in [-0.05, 0) is 31.0 Å². The van der Waals surface area contributed by atoms with E-state index in [9.17, 15) is 0 Å². The number of benzene rings is 1. The summed E-state index contributed by atoms with van der Waals surface area (Å²) < 4.78 is 1.16. The molecule has 0 bridgehead atoms. The van der Waals surface area contributed by atoms with E-state index in [0.29, 0.717) is 12.1 Å². The third-order valence-corrected chi connectivity index (χ3v) is 4.88. The Morgan fingerprint density at radius 1 is 1.50 bits per heavy atom. The molecule has 2 rings (SSSR count). The Bertz CT molecular complexity index is 356. The molecule has 1 aromatic carbocycles. The Balaban J connectivity index is 1.95. The van der Waals surface area contributed by atoms with E-state index in [0.717, 1.165) is 9.72 Å². The molecule has 2 unspecified atom stereocenters. The SMILES string of the molecule is CC1CC(N[C@@H](C)c2cccc(Br)c2)CS1. The van der Waals surface area contributed by atoms with Gasteiger partial charge >= 0.3 is 0 Å². The normalized spacial score (nSPS) is 26.9. The van der Waals surface area contributed by atoms with Gasteiger partial charge in [-0.25, -0.2) is 0 Å². The smallest absolute Gasteiger partial charge is 0.0295 e. The molecule has 0 radical (unpaired) electrons. The molecule has 0 saturated carbocycles. The lowest BCUT2D eigenvalue weighted by Crippen LogP contribution is -2.31. The molecule has 1 aliphatic rings. The van der Waals surface area contributed by atoms with Crippen molar-refractivity contribution in [1.82, 2.24) is 5.32 Å². The van der Waals surface area contributed by atoms with Crippen molar-refractivity contribution in [2.75, 3.05) is 5.75 Å². The number of thioether (sulfide) groups is 1. The zero-order chi connectivity index (χ0) is 11.5. The molecule has 1 saturated heterocycles. The van der Waals surface area contributed by atoms with Gasteiger partial charge in [-0.15, -0.1) is 0 Å². The van der Waals surface area contributed by atoms with E-state index in [1.807, 2.05) is 0 Å². The van der Waals surface area contributed by atoms with Gasteiger partial charge in [0.2, 0.25) is 0 Å². The van der Waals surface area contributed by atoms with Gasteiger partial charge < -0.3 is 5.32 Å². The Hall–Kier alpha value is 0.01000. The van der Waals surface area contributed by atoms with Gasteiger partial charge in [-0.2, -0.15) is 11.8 Å². The number of hydrogen-bond acceptors (Lipinski definition) is 2. The van der Waals surface area contributed by atoms with Crippen molar-refractivity contribution in [3.8, 4) is 0 Å². The van der Waals surface area contributed by atoms with E-state index in [1.165, 1.54) is 17.7 Å². The first-order valence-electron chi connectivity index (χ1n) is 5.78. The topological polar surface area (TPSA) is 12.0 Å². The Kier molecular flexibility index (Phi) is 4.34. The Morgan fingerprint density at radius 3 is 2.94 bits per heavy atom. The minimum Gasteiger partial charge on any atom is -0.307 e. The first-order valence-corrected chi connectivity index (χ1v) is 7.62. The Morgan fingerprint density at radius 2 is 2.31 bits per heavy atom. The van der Waals surface area contributed by atoms with Crippen LogP contribution in [0.3, 0.4) is 0 Å². The molecule has 16 heavy (non-hydrogen) atoms. The summed E-state index contributed by atoms with van der Waals surface area (Å²) in [5, 5.41) is 4.52. The summed E-state index contributed by atoms with van der Waals surface area (Å²) in [7, 11) is 0. The molecule has 1 aliphatic heterocycles. The number of halogens is 1. The monoisotopic (exact) mass is 299 g/mol. The summed E-state index contributed by atoms with van der Waals surface area (Å²) in [4.78, 5) is 0. The van der Waals surface area contributed by atoms with Crippen LogP contribution in [0, 0.1) is 0 Å². The van der Waals surface area contributed by atoms with Gasteiger partial charge in [0.05, 0.1) is 0 Å². The average Bonchev–Trinajstić information content (AvgIpc) is 2.64. The number of rotatable bonds is 3. The fraction of sp³-hybridized carbons (Fsp3) is 0.538. The first kappa shape index (κ1) is 12.5. The van der Waals surface area contributed by atoms with Crippen LogP contribution in [0.1, 0.15) is 31.9 Å². The van der Waals surface area contributed by atoms with Crippen LogP contribution < -0.4 is 5.32 Å². The van der Waals surface area contributed by atoms with E-state index in [1.54, 1.807) is 0 Å². The van der Waals surface area contributed by atoms with E-state index >= 15 is 0 Å². The van der Waals surface area contributed by atoms with Gasteiger partial charge in [0, 0.05) is 27.6 Å². The minimum absolute atomic E-state index is 0.438. The highest BCUT2D eigenvalue weighted by molar-refractivity contribution is 9.10. The highest BCUT2D eigenvalue weighted by atomic mass is 79.9. The highest BCUT2D eigenvalue weighted by Gasteiger charge is 2.23. The van der Waals surface area contributed by atoms with Crippen molar-refractivity contribution in [2.24, 2.45) is 0 Å². The molecule has 88 valence electrons. The second-order valence-corrected chi connectivity index (χ2v) is 6.91. The lowest BCUT2D eigenvalue weighted by molar-refractivity contribution is 0.474. The van der Waals surface area contributed by atoms with Crippen LogP contribution in [0.4, 0.5) is 0 Å². The van der Waals surface area contributed by atoms with Crippen LogP contribution >= 0.6 is 27.7 Å². The molecule has 1 aromatic rings. The molecule has 0 aliphatic carbocycles. The zero-order valence-electron chi connectivity index (χ0n) is 9.74. The molecule has 3 atom stereocenters. The van der Waals surface area contributed by atoms with Crippen molar-refractivity contribution in [1.29, 1.82) is 0 Å². The van der Waals surface area contributed by atoms with Crippen molar-refractivity contribution in [3.05, 3.63) is 34.3 Å². The second kappa shape index (κ2) is 5.56. The van der Waals surface area contributed by atoms with Crippen LogP contribution in [0.15, 0.2) is 28.7 Å². The van der Waals surface area contributed by atoms with E-state index in [-0.39, 0.29) is 0 Å². The van der Waals surface area contributed by atoms with Crippen molar-refractivity contribution < 1.29 is 0 Å². The number of nitrogens with one attached hydrogen (secondary N) is 1. The largest absolute Gasteiger partial charge is 0.307 e. The summed E-state index contributed by atoms with van der Waals surface area (Å²) in [6, 6.07) is 9.67. The van der Waals surface area contributed by atoms with Crippen molar-refractivity contribution in [2.45, 2.75) is 37.6 Å². The molecule has 1 heterocycles. The molecule has 0 aromatic heterocycles. The lowest BCUT2D eigenvalue weighted by atomic mass is 10.1. The van der Waals surface area contributed by atoms with Gasteiger partial charge in [0.15, 0.2) is 0 Å². The zero-order valence-corrected chi connectivity index (χ0v) is 12.1. The first-order chi connectivity index (χ1) is 7.65. The van der Waals surface area contributed by atoms with E-state index in [2.05, 4.69) is 71.1 Å². The highest BCUT2D eigenvalue weighted by Crippen LogP contribution is 2.28. The summed E-state index contributed by atoms with van der Waals surface area (Å²) >= 11 is 5.59. The molecular weight excluding hydrogens is 282 g/mol. The standard InChI is InChI=1S/C13H18BrNS/c1-9-6-13(8-16-9)15-10(2)11-4-3-5-12(14)7-11/h3-5,7,9-10,13,15H,6,8H2,1-2H3/t9?,10-,13?/m0/s1. The molecule has 1 N–H and O–H groups in total. The maximum atomic E-state index is 3.71.